The molecular formula is C23H30Cl2N4O4S. The van der Waals surface area contributed by atoms with Crippen LogP contribution in [0.1, 0.15) is 25.8 Å². The molecule has 0 heterocycles. The van der Waals surface area contributed by atoms with Crippen molar-refractivity contribution in [2.75, 3.05) is 31.5 Å². The lowest BCUT2D eigenvalue weighted by Gasteiger charge is -2.33. The van der Waals surface area contributed by atoms with E-state index < -0.39 is 28.7 Å². The fourth-order valence-electron chi connectivity index (χ4n) is 3.36. The van der Waals surface area contributed by atoms with Crippen molar-refractivity contribution >= 4 is 50.9 Å². The Morgan fingerprint density at radius 3 is 2.18 bits per heavy atom. The highest BCUT2D eigenvalue weighted by Gasteiger charge is 2.33. The lowest BCUT2D eigenvalue weighted by Crippen LogP contribution is -2.53. The third-order valence-electron chi connectivity index (χ3n) is 5.14. The van der Waals surface area contributed by atoms with Gasteiger partial charge in [-0.1, -0.05) is 54.4 Å². The van der Waals surface area contributed by atoms with Gasteiger partial charge in [0.1, 0.15) is 12.6 Å². The summed E-state index contributed by atoms with van der Waals surface area (Å²) in [5.41, 5.74) is 0.998. The summed E-state index contributed by atoms with van der Waals surface area (Å²) < 4.78 is 28.2. The number of hydrogen-bond acceptors (Lipinski definition) is 4. The zero-order valence-corrected chi connectivity index (χ0v) is 22.0. The molecule has 2 aromatic carbocycles. The minimum Gasteiger partial charge on any atom is -0.355 e. The molecular weight excluding hydrogens is 499 g/mol. The van der Waals surface area contributed by atoms with Gasteiger partial charge in [0.05, 0.1) is 15.7 Å². The quantitative estimate of drug-likeness (QED) is 0.482. The second-order valence-electron chi connectivity index (χ2n) is 7.72. The van der Waals surface area contributed by atoms with Crippen LogP contribution in [-0.2, 0) is 26.3 Å². The van der Waals surface area contributed by atoms with Crippen LogP contribution in [0.2, 0.25) is 10.0 Å². The maximum absolute atomic E-state index is 13.6. The van der Waals surface area contributed by atoms with E-state index in [2.05, 4.69) is 5.32 Å². The van der Waals surface area contributed by atoms with E-state index in [0.29, 0.717) is 34.3 Å². The van der Waals surface area contributed by atoms with Gasteiger partial charge in [-0.3, -0.25) is 9.59 Å². The lowest BCUT2D eigenvalue weighted by atomic mass is 10.1. The number of halogens is 2. The molecule has 2 aromatic rings. The Labute approximate surface area is 211 Å². The summed E-state index contributed by atoms with van der Waals surface area (Å²) in [6, 6.07) is 12.5. The average Bonchev–Trinajstić information content (AvgIpc) is 2.80. The van der Waals surface area contributed by atoms with Crippen molar-refractivity contribution in [1.82, 2.24) is 14.5 Å². The van der Waals surface area contributed by atoms with Gasteiger partial charge >= 0.3 is 10.2 Å². The summed E-state index contributed by atoms with van der Waals surface area (Å²) in [5.74, 6) is -0.849. The molecule has 0 aliphatic rings. The van der Waals surface area contributed by atoms with Crippen molar-refractivity contribution < 1.29 is 18.0 Å². The molecule has 0 saturated carbocycles. The van der Waals surface area contributed by atoms with Gasteiger partial charge in [-0.05, 0) is 43.2 Å². The van der Waals surface area contributed by atoms with Crippen LogP contribution < -0.4 is 9.62 Å². The predicted octanol–water partition coefficient (Wildman–Crippen LogP) is 3.55. The predicted molar refractivity (Wildman–Crippen MR) is 136 cm³/mol. The van der Waals surface area contributed by atoms with Crippen LogP contribution in [0.25, 0.3) is 0 Å². The molecule has 8 nitrogen and oxygen atoms in total. The Kier molecular flexibility index (Phi) is 10.2. The number of rotatable bonds is 11. The summed E-state index contributed by atoms with van der Waals surface area (Å²) in [7, 11) is -1.20. The van der Waals surface area contributed by atoms with Gasteiger partial charge in [-0.25, -0.2) is 4.31 Å². The molecule has 0 fully saturated rings. The van der Waals surface area contributed by atoms with Gasteiger partial charge in [0.15, 0.2) is 0 Å². The second-order valence-corrected chi connectivity index (χ2v) is 10.6. The summed E-state index contributed by atoms with van der Waals surface area (Å²) in [4.78, 5) is 27.8. The van der Waals surface area contributed by atoms with E-state index in [1.807, 2.05) is 0 Å². The van der Waals surface area contributed by atoms with E-state index in [1.165, 1.54) is 19.0 Å². The Morgan fingerprint density at radius 2 is 1.65 bits per heavy atom. The molecule has 0 saturated heterocycles. The van der Waals surface area contributed by atoms with Crippen molar-refractivity contribution in [2.24, 2.45) is 0 Å². The summed E-state index contributed by atoms with van der Waals surface area (Å²) in [5, 5.41) is 3.44. The largest absolute Gasteiger partial charge is 0.355 e. The van der Waals surface area contributed by atoms with Crippen LogP contribution in [0, 0.1) is 0 Å². The summed E-state index contributed by atoms with van der Waals surface area (Å²) >= 11 is 12.2. The molecule has 0 bridgehead atoms. The van der Waals surface area contributed by atoms with Gasteiger partial charge in [0, 0.05) is 27.2 Å². The van der Waals surface area contributed by atoms with Crippen LogP contribution in [0.3, 0.4) is 0 Å². The fraction of sp³-hybridized carbons (Fsp3) is 0.391. The van der Waals surface area contributed by atoms with Gasteiger partial charge in [0.25, 0.3) is 0 Å². The van der Waals surface area contributed by atoms with Crippen molar-refractivity contribution in [1.29, 1.82) is 0 Å². The molecule has 2 amide bonds. The molecule has 2 rings (SSSR count). The van der Waals surface area contributed by atoms with E-state index in [1.54, 1.807) is 62.4 Å². The molecule has 186 valence electrons. The molecule has 34 heavy (non-hydrogen) atoms. The molecule has 0 spiro atoms. The normalized spacial score (nSPS) is 12.3. The first kappa shape index (κ1) is 27.9. The zero-order valence-electron chi connectivity index (χ0n) is 19.7. The number of hydrogen-bond donors (Lipinski definition) is 1. The van der Waals surface area contributed by atoms with Gasteiger partial charge in [-0.15, -0.1) is 0 Å². The molecule has 0 radical (unpaired) electrons. The number of benzene rings is 2. The van der Waals surface area contributed by atoms with E-state index in [4.69, 9.17) is 23.2 Å². The number of carbonyl (C=O) groups is 2. The Hall–Kier alpha value is -2.33. The highest BCUT2D eigenvalue weighted by molar-refractivity contribution is 7.90. The smallest absolute Gasteiger partial charge is 0.304 e. The van der Waals surface area contributed by atoms with Crippen LogP contribution in [0.15, 0.2) is 48.5 Å². The number of amides is 2. The van der Waals surface area contributed by atoms with Crippen LogP contribution in [-0.4, -0.2) is 62.7 Å². The first-order chi connectivity index (χ1) is 16.0. The average molecular weight is 529 g/mol. The molecule has 0 aromatic heterocycles. The van der Waals surface area contributed by atoms with E-state index >= 15 is 0 Å². The highest BCUT2D eigenvalue weighted by atomic mass is 35.5. The van der Waals surface area contributed by atoms with Crippen molar-refractivity contribution in [3.8, 4) is 0 Å². The monoisotopic (exact) mass is 528 g/mol. The fourth-order valence-corrected chi connectivity index (χ4v) is 4.73. The number of nitrogens with one attached hydrogen (secondary N) is 1. The first-order valence-corrected chi connectivity index (χ1v) is 12.9. The minimum absolute atomic E-state index is 0.0516. The molecule has 0 aliphatic heterocycles. The highest BCUT2D eigenvalue weighted by Crippen LogP contribution is 2.25. The van der Waals surface area contributed by atoms with Gasteiger partial charge in [-0.2, -0.15) is 12.7 Å². The number of para-hydroxylation sites is 1. The zero-order chi connectivity index (χ0) is 25.5. The Morgan fingerprint density at radius 1 is 1.00 bits per heavy atom. The van der Waals surface area contributed by atoms with Crippen molar-refractivity contribution in [2.45, 2.75) is 32.9 Å². The summed E-state index contributed by atoms with van der Waals surface area (Å²) in [6.07, 6.45) is 0.338. The van der Waals surface area contributed by atoms with Crippen LogP contribution >= 0.6 is 23.2 Å². The number of likely N-dealkylation sites (N-methyl/N-ethyl adjacent to an activating group) is 1. The molecule has 11 heteroatoms. The number of anilines is 1. The number of carbonyl (C=O) groups excluding carboxylic acids is 2. The van der Waals surface area contributed by atoms with E-state index in [9.17, 15) is 18.0 Å². The molecule has 0 aliphatic carbocycles. The molecule has 1 N–H and O–H groups in total. The minimum atomic E-state index is -3.99. The van der Waals surface area contributed by atoms with E-state index in [-0.39, 0.29) is 12.5 Å². The Bertz CT molecular complexity index is 1100. The third kappa shape index (κ3) is 6.85. The Balaban J connectivity index is 2.49. The van der Waals surface area contributed by atoms with E-state index in [0.717, 1.165) is 8.61 Å². The van der Waals surface area contributed by atoms with Crippen LogP contribution in [0.4, 0.5) is 5.69 Å². The molecule has 1 atom stereocenters. The SMILES string of the molecule is CCNC(=O)[C@@H](CC)N(Cc1ccc(Cl)c(Cl)c1)C(=O)CN(c1ccccc1)S(=O)(=O)N(C)C. The standard InChI is InChI=1S/C23H30Cl2N4O4S/c1-5-21(23(31)26-6-2)28(15-17-12-13-19(24)20(25)14-17)22(30)16-29(34(32,33)27(3)4)18-10-8-7-9-11-18/h7-14,21H,5-6,15-16H2,1-4H3,(H,26,31)/t21-/m1/s1. The van der Waals surface area contributed by atoms with Gasteiger partial charge in [0.2, 0.25) is 11.8 Å². The molecule has 0 unspecified atom stereocenters. The third-order valence-corrected chi connectivity index (χ3v) is 7.70. The summed E-state index contributed by atoms with van der Waals surface area (Å²) in [6.45, 7) is 3.55. The first-order valence-electron chi connectivity index (χ1n) is 10.8. The van der Waals surface area contributed by atoms with Crippen LogP contribution in [0.5, 0.6) is 0 Å². The second kappa shape index (κ2) is 12.4. The van der Waals surface area contributed by atoms with Gasteiger partial charge < -0.3 is 10.2 Å². The topological polar surface area (TPSA) is 90.0 Å². The number of nitrogens with zero attached hydrogens (tertiary/aromatic N) is 3. The van der Waals surface area contributed by atoms with Crippen molar-refractivity contribution in [3.05, 3.63) is 64.1 Å². The lowest BCUT2D eigenvalue weighted by molar-refractivity contribution is -0.140. The van der Waals surface area contributed by atoms with Crippen molar-refractivity contribution in [3.63, 3.8) is 0 Å². The maximum atomic E-state index is 13.6. The maximum Gasteiger partial charge on any atom is 0.304 e.